The molecule has 0 radical (unpaired) electrons. The molecule has 0 bridgehead atoms. The van der Waals surface area contributed by atoms with E-state index in [9.17, 15) is 34.8 Å². The van der Waals surface area contributed by atoms with Crippen molar-refractivity contribution in [1.29, 1.82) is 5.39 Å². The summed E-state index contributed by atoms with van der Waals surface area (Å²) < 4.78 is 99.6. The predicted molar refractivity (Wildman–Crippen MR) is 31.5 cm³/mol. The van der Waals surface area contributed by atoms with Crippen LogP contribution in [0.3, 0.4) is 0 Å². The van der Waals surface area contributed by atoms with Crippen LogP contribution in [0.2, 0.25) is 0 Å². The van der Waals surface area contributed by atoms with E-state index in [-0.39, 0.29) is 0 Å². The first kappa shape index (κ1) is 13.9. The molecule has 0 aliphatic carbocycles. The first-order valence-electron chi connectivity index (χ1n) is 2.78. The Morgan fingerprint density at radius 3 is 1.60 bits per heavy atom. The van der Waals surface area contributed by atoms with Crippen molar-refractivity contribution >= 4 is 10.1 Å². The fraction of sp³-hybridized carbons (Fsp3) is 1.00. The molecule has 5 nitrogen and oxygen atoms in total. The van der Waals surface area contributed by atoms with Crippen LogP contribution in [0.5, 0.6) is 0 Å². The van der Waals surface area contributed by atoms with Crippen LogP contribution in [0.25, 0.3) is 4.98 Å². The van der Waals surface area contributed by atoms with Gasteiger partial charge in [-0.1, -0.05) is 0 Å². The van der Waals surface area contributed by atoms with E-state index in [1.807, 2.05) is 0 Å². The number of diazo groups is 1. The van der Waals surface area contributed by atoms with Crippen LogP contribution in [0.1, 0.15) is 0 Å². The van der Waals surface area contributed by atoms with Crippen molar-refractivity contribution in [2.75, 3.05) is 0 Å². The van der Waals surface area contributed by atoms with Crippen molar-refractivity contribution in [2.45, 2.75) is 17.2 Å². The lowest BCUT2D eigenvalue weighted by molar-refractivity contribution is -0.262. The molecule has 15 heavy (non-hydrogen) atoms. The van der Waals surface area contributed by atoms with Gasteiger partial charge in [-0.05, 0) is 0 Å². The van der Waals surface area contributed by atoms with Gasteiger partial charge in [0.25, 0.3) is 0 Å². The monoisotopic (exact) mass is 259 g/mol. The van der Waals surface area contributed by atoms with Gasteiger partial charge in [0.2, 0.25) is 10.4 Å². The van der Waals surface area contributed by atoms with E-state index in [4.69, 9.17) is 9.95 Å². The molecular formula is C3HF6N2O3S+. The van der Waals surface area contributed by atoms with E-state index in [1.54, 1.807) is 0 Å². The molecule has 0 aromatic rings. The number of alkyl halides is 6. The molecule has 0 amide bonds. The van der Waals surface area contributed by atoms with E-state index in [0.29, 0.717) is 4.98 Å². The molecule has 0 fully saturated rings. The summed E-state index contributed by atoms with van der Waals surface area (Å²) in [5.74, 6) is -6.59. The molecule has 0 aromatic carbocycles. The standard InChI is InChI=1S/C3F6N2O3S/c4-1(5,2(6,7)11-10)3(8,9)15(12,13)14/p+1. The smallest absolute Gasteiger partial charge is 0.281 e. The van der Waals surface area contributed by atoms with Crippen molar-refractivity contribution in [3.05, 3.63) is 4.98 Å². The maximum absolute atomic E-state index is 12.2. The molecule has 1 N–H and O–H groups in total. The summed E-state index contributed by atoms with van der Waals surface area (Å²) >= 11 is 0. The molecule has 0 heterocycles. The molecule has 88 valence electrons. The van der Waals surface area contributed by atoms with E-state index in [1.165, 1.54) is 0 Å². The Balaban J connectivity index is 5.73. The first-order valence-corrected chi connectivity index (χ1v) is 4.22. The van der Waals surface area contributed by atoms with E-state index in [0.717, 1.165) is 0 Å². The number of hydrogen-bond donors (Lipinski definition) is 1. The molecule has 12 heteroatoms. The summed E-state index contributed by atoms with van der Waals surface area (Å²) in [6.07, 6.45) is 0. The maximum atomic E-state index is 12.2. The normalized spacial score (nSPS) is 14.8. The fourth-order valence-electron chi connectivity index (χ4n) is 0.400. The Morgan fingerprint density at radius 1 is 1.07 bits per heavy atom. The van der Waals surface area contributed by atoms with Crippen LogP contribution in [-0.4, -0.2) is 30.2 Å². The second-order valence-electron chi connectivity index (χ2n) is 2.21. The molecule has 0 unspecified atom stereocenters. The molecule has 0 aliphatic rings. The SMILES string of the molecule is N#[N+]C(F)(F)C(F)(F)C(F)(F)S(=O)(=O)O. The van der Waals surface area contributed by atoms with Gasteiger partial charge >= 0.3 is 27.3 Å². The third kappa shape index (κ3) is 1.84. The number of hydrogen-bond acceptors (Lipinski definition) is 3. The second kappa shape index (κ2) is 3.20. The Morgan fingerprint density at radius 2 is 1.40 bits per heavy atom. The Bertz CT molecular complexity index is 396. The quantitative estimate of drug-likeness (QED) is 0.360. The molecule has 0 rings (SSSR count). The highest BCUT2D eigenvalue weighted by Gasteiger charge is 2.87. The minimum absolute atomic E-state index is 0.633. The maximum Gasteiger partial charge on any atom is 0.685 e. The summed E-state index contributed by atoms with van der Waals surface area (Å²) in [5.41, 5.74) is 0. The Kier molecular flexibility index (Phi) is 2.97. The van der Waals surface area contributed by atoms with Gasteiger partial charge in [-0.3, -0.25) is 4.55 Å². The van der Waals surface area contributed by atoms with Gasteiger partial charge in [0, 0.05) is 0 Å². The van der Waals surface area contributed by atoms with E-state index >= 15 is 0 Å². The number of rotatable bonds is 3. The van der Waals surface area contributed by atoms with Gasteiger partial charge in [-0.15, -0.1) is 8.78 Å². The second-order valence-corrected chi connectivity index (χ2v) is 3.67. The van der Waals surface area contributed by atoms with Crippen LogP contribution in [0.15, 0.2) is 0 Å². The average Bonchev–Trinajstić information content (AvgIpc) is 2.01. The van der Waals surface area contributed by atoms with Crippen LogP contribution < -0.4 is 0 Å². The molecule has 0 aliphatic heterocycles. The summed E-state index contributed by atoms with van der Waals surface area (Å²) in [6, 6.07) is -6.06. The first-order chi connectivity index (χ1) is 6.31. The van der Waals surface area contributed by atoms with Crippen molar-refractivity contribution in [3.8, 4) is 0 Å². The van der Waals surface area contributed by atoms with Crippen LogP contribution in [0.4, 0.5) is 26.3 Å². The molecule has 0 atom stereocenters. The zero-order valence-electron chi connectivity index (χ0n) is 6.33. The zero-order chi connectivity index (χ0) is 12.7. The van der Waals surface area contributed by atoms with Crippen LogP contribution >= 0.6 is 0 Å². The summed E-state index contributed by atoms with van der Waals surface area (Å²) in [7, 11) is -6.79. The van der Waals surface area contributed by atoms with Crippen molar-refractivity contribution in [1.82, 2.24) is 0 Å². The topological polar surface area (TPSA) is 82.5 Å². The van der Waals surface area contributed by atoms with E-state index < -0.39 is 27.3 Å². The fourth-order valence-corrected chi connectivity index (χ4v) is 0.847. The van der Waals surface area contributed by atoms with Crippen LogP contribution in [-0.2, 0) is 10.1 Å². The largest absolute Gasteiger partial charge is 0.685 e. The average molecular weight is 259 g/mol. The van der Waals surface area contributed by atoms with E-state index in [2.05, 4.69) is 0 Å². The minimum Gasteiger partial charge on any atom is -0.281 e. The third-order valence-electron chi connectivity index (χ3n) is 1.19. The lowest BCUT2D eigenvalue weighted by Gasteiger charge is -2.19. The van der Waals surface area contributed by atoms with Gasteiger partial charge in [-0.2, -0.15) is 26.0 Å². The highest BCUT2D eigenvalue weighted by Crippen LogP contribution is 2.48. The molecule has 0 saturated carbocycles. The number of nitrogens with zero attached hydrogens (tertiary/aromatic N) is 2. The van der Waals surface area contributed by atoms with Gasteiger partial charge < -0.3 is 0 Å². The molecule has 0 spiro atoms. The van der Waals surface area contributed by atoms with Crippen molar-refractivity contribution in [3.63, 3.8) is 0 Å². The van der Waals surface area contributed by atoms with Crippen molar-refractivity contribution < 1.29 is 39.3 Å². The minimum atomic E-state index is -6.79. The lowest BCUT2D eigenvalue weighted by atomic mass is 10.3. The number of halogens is 6. The Labute approximate surface area is 78.1 Å². The molecule has 0 aromatic heterocycles. The highest BCUT2D eigenvalue weighted by molar-refractivity contribution is 7.87. The van der Waals surface area contributed by atoms with Gasteiger partial charge in [-0.25, -0.2) is 0 Å². The van der Waals surface area contributed by atoms with Gasteiger partial charge in [0.05, 0.1) is 0 Å². The third-order valence-corrected chi connectivity index (χ3v) is 2.10. The van der Waals surface area contributed by atoms with Crippen molar-refractivity contribution in [2.24, 2.45) is 0 Å². The summed E-state index contributed by atoms with van der Waals surface area (Å²) in [6.45, 7) is 0. The predicted octanol–water partition coefficient (Wildman–Crippen LogP) is 1.55. The molecule has 0 saturated heterocycles. The van der Waals surface area contributed by atoms with Gasteiger partial charge in [0.15, 0.2) is 0 Å². The lowest BCUT2D eigenvalue weighted by Crippen LogP contribution is -2.56. The summed E-state index contributed by atoms with van der Waals surface area (Å²) in [4.78, 5) is 0.633. The zero-order valence-corrected chi connectivity index (χ0v) is 7.15. The molecular weight excluding hydrogens is 258 g/mol. The van der Waals surface area contributed by atoms with Crippen LogP contribution in [0, 0.1) is 5.39 Å². The van der Waals surface area contributed by atoms with Gasteiger partial charge in [0.1, 0.15) is 0 Å². The summed E-state index contributed by atoms with van der Waals surface area (Å²) in [5, 5.41) is 0.854. The Hall–Kier alpha value is -1.09. The highest BCUT2D eigenvalue weighted by atomic mass is 32.2.